The molecule has 3 N–H and O–H groups in total. The summed E-state index contributed by atoms with van der Waals surface area (Å²) < 4.78 is 0. The highest BCUT2D eigenvalue weighted by Crippen LogP contribution is 2.12. The van der Waals surface area contributed by atoms with Crippen molar-refractivity contribution in [1.29, 1.82) is 0 Å². The Morgan fingerprint density at radius 2 is 2.13 bits per heavy atom. The van der Waals surface area contributed by atoms with E-state index in [0.717, 1.165) is 0 Å². The molecule has 2 heterocycles. The SMILES string of the molecule is Nc1nc(C(=O)Nc2cncnc2)cs1. The normalized spacial score (nSPS) is 9.87. The van der Waals surface area contributed by atoms with Crippen molar-refractivity contribution in [2.24, 2.45) is 0 Å². The van der Waals surface area contributed by atoms with Gasteiger partial charge in [0.1, 0.15) is 12.0 Å². The Morgan fingerprint density at radius 3 is 2.73 bits per heavy atom. The minimum atomic E-state index is -0.322. The van der Waals surface area contributed by atoms with Crippen molar-refractivity contribution in [3.63, 3.8) is 0 Å². The molecule has 2 aromatic rings. The Kier molecular flexibility index (Phi) is 2.55. The number of nitrogen functional groups attached to an aromatic ring is 1. The van der Waals surface area contributed by atoms with Crippen LogP contribution in [0.2, 0.25) is 0 Å². The molecule has 6 nitrogen and oxygen atoms in total. The van der Waals surface area contributed by atoms with E-state index in [1.54, 1.807) is 5.38 Å². The number of nitrogens with two attached hydrogens (primary N) is 1. The van der Waals surface area contributed by atoms with Gasteiger partial charge in [0.2, 0.25) is 0 Å². The molecule has 0 aliphatic heterocycles. The number of hydrogen-bond donors (Lipinski definition) is 2. The quantitative estimate of drug-likeness (QED) is 0.781. The number of nitrogens with zero attached hydrogens (tertiary/aromatic N) is 3. The zero-order valence-corrected chi connectivity index (χ0v) is 8.36. The summed E-state index contributed by atoms with van der Waals surface area (Å²) in [6, 6.07) is 0. The maximum absolute atomic E-state index is 11.5. The molecule has 0 bridgehead atoms. The first-order valence-electron chi connectivity index (χ1n) is 4.03. The van der Waals surface area contributed by atoms with Crippen molar-refractivity contribution >= 4 is 28.1 Å². The fourth-order valence-electron chi connectivity index (χ4n) is 0.951. The van der Waals surface area contributed by atoms with Gasteiger partial charge in [0.15, 0.2) is 5.13 Å². The molecule has 0 saturated carbocycles. The van der Waals surface area contributed by atoms with Gasteiger partial charge in [0.25, 0.3) is 5.91 Å². The number of carbonyl (C=O) groups is 1. The van der Waals surface area contributed by atoms with E-state index in [9.17, 15) is 4.79 Å². The topological polar surface area (TPSA) is 93.8 Å². The number of nitrogens with one attached hydrogen (secondary N) is 1. The van der Waals surface area contributed by atoms with Gasteiger partial charge in [-0.2, -0.15) is 0 Å². The van der Waals surface area contributed by atoms with Gasteiger partial charge in [0.05, 0.1) is 18.1 Å². The third-order valence-electron chi connectivity index (χ3n) is 1.57. The zero-order valence-electron chi connectivity index (χ0n) is 7.54. The fraction of sp³-hybridized carbons (Fsp3) is 0. The van der Waals surface area contributed by atoms with E-state index in [2.05, 4.69) is 20.3 Å². The summed E-state index contributed by atoms with van der Waals surface area (Å²) >= 11 is 1.22. The molecule has 0 aromatic carbocycles. The van der Waals surface area contributed by atoms with Gasteiger partial charge in [-0.05, 0) is 0 Å². The number of rotatable bonds is 2. The van der Waals surface area contributed by atoms with Crippen LogP contribution in [0.5, 0.6) is 0 Å². The molecule has 0 aliphatic carbocycles. The maximum atomic E-state index is 11.5. The predicted molar refractivity (Wildman–Crippen MR) is 56.5 cm³/mol. The molecule has 2 aromatic heterocycles. The van der Waals surface area contributed by atoms with E-state index in [4.69, 9.17) is 5.73 Å². The van der Waals surface area contributed by atoms with E-state index in [0.29, 0.717) is 16.5 Å². The van der Waals surface area contributed by atoms with E-state index in [-0.39, 0.29) is 5.91 Å². The van der Waals surface area contributed by atoms with Gasteiger partial charge in [-0.25, -0.2) is 15.0 Å². The average Bonchev–Trinajstić information content (AvgIpc) is 2.66. The predicted octanol–water partition coefficient (Wildman–Crippen LogP) is 0.768. The standard InChI is InChI=1S/C8H7N5OS/c9-8-13-6(3-15-8)7(14)12-5-1-10-4-11-2-5/h1-4H,(H2,9,13)(H,12,14). The smallest absolute Gasteiger partial charge is 0.275 e. The van der Waals surface area contributed by atoms with Gasteiger partial charge >= 0.3 is 0 Å². The lowest BCUT2D eigenvalue weighted by atomic mass is 10.4. The molecule has 15 heavy (non-hydrogen) atoms. The zero-order chi connectivity index (χ0) is 10.7. The summed E-state index contributed by atoms with van der Waals surface area (Å²) in [5.74, 6) is -0.322. The van der Waals surface area contributed by atoms with Gasteiger partial charge in [0, 0.05) is 5.38 Å². The third kappa shape index (κ3) is 2.26. The van der Waals surface area contributed by atoms with Crippen LogP contribution in [0.1, 0.15) is 10.5 Å². The molecule has 0 atom stereocenters. The van der Waals surface area contributed by atoms with E-state index >= 15 is 0 Å². The number of hydrogen-bond acceptors (Lipinski definition) is 6. The average molecular weight is 221 g/mol. The van der Waals surface area contributed by atoms with E-state index < -0.39 is 0 Å². The number of carbonyl (C=O) groups excluding carboxylic acids is 1. The van der Waals surface area contributed by atoms with Crippen molar-refractivity contribution in [1.82, 2.24) is 15.0 Å². The molecule has 0 aliphatic rings. The summed E-state index contributed by atoms with van der Waals surface area (Å²) in [7, 11) is 0. The molecule has 1 amide bonds. The molecule has 0 unspecified atom stereocenters. The van der Waals surface area contributed by atoms with Gasteiger partial charge < -0.3 is 11.1 Å². The maximum Gasteiger partial charge on any atom is 0.275 e. The van der Waals surface area contributed by atoms with Crippen molar-refractivity contribution < 1.29 is 4.79 Å². The highest BCUT2D eigenvalue weighted by atomic mass is 32.1. The van der Waals surface area contributed by atoms with Crippen LogP contribution in [-0.2, 0) is 0 Å². The van der Waals surface area contributed by atoms with Crippen LogP contribution in [0, 0.1) is 0 Å². The fourth-order valence-corrected chi connectivity index (χ4v) is 1.49. The van der Waals surface area contributed by atoms with Crippen LogP contribution in [0.3, 0.4) is 0 Å². The highest BCUT2D eigenvalue weighted by molar-refractivity contribution is 7.13. The van der Waals surface area contributed by atoms with Gasteiger partial charge in [-0.3, -0.25) is 4.79 Å². The summed E-state index contributed by atoms with van der Waals surface area (Å²) in [6.07, 6.45) is 4.39. The monoisotopic (exact) mass is 221 g/mol. The lowest BCUT2D eigenvalue weighted by molar-refractivity contribution is 0.102. The van der Waals surface area contributed by atoms with Crippen LogP contribution in [0.4, 0.5) is 10.8 Å². The number of thiazole rings is 1. The highest BCUT2D eigenvalue weighted by Gasteiger charge is 2.09. The molecule has 7 heteroatoms. The Morgan fingerprint density at radius 1 is 1.40 bits per heavy atom. The summed E-state index contributed by atoms with van der Waals surface area (Å²) in [6.45, 7) is 0. The molecular weight excluding hydrogens is 214 g/mol. The van der Waals surface area contributed by atoms with Gasteiger partial charge in [-0.15, -0.1) is 11.3 Å². The van der Waals surface area contributed by atoms with Crippen molar-refractivity contribution in [3.8, 4) is 0 Å². The first kappa shape index (κ1) is 9.53. The van der Waals surface area contributed by atoms with Crippen LogP contribution in [-0.4, -0.2) is 20.9 Å². The van der Waals surface area contributed by atoms with Gasteiger partial charge in [-0.1, -0.05) is 0 Å². The third-order valence-corrected chi connectivity index (χ3v) is 2.25. The minimum absolute atomic E-state index is 0.293. The van der Waals surface area contributed by atoms with Crippen molar-refractivity contribution in [2.45, 2.75) is 0 Å². The van der Waals surface area contributed by atoms with E-state index in [1.165, 1.54) is 30.1 Å². The first-order chi connectivity index (χ1) is 7.25. The van der Waals surface area contributed by atoms with Crippen LogP contribution in [0.25, 0.3) is 0 Å². The second kappa shape index (κ2) is 4.01. The first-order valence-corrected chi connectivity index (χ1v) is 4.91. The van der Waals surface area contributed by atoms with E-state index in [1.807, 2.05) is 0 Å². The molecule has 0 radical (unpaired) electrons. The largest absolute Gasteiger partial charge is 0.375 e. The van der Waals surface area contributed by atoms with Crippen molar-refractivity contribution in [3.05, 3.63) is 29.8 Å². The summed E-state index contributed by atoms with van der Waals surface area (Å²) in [4.78, 5) is 22.9. The molecule has 0 saturated heterocycles. The summed E-state index contributed by atoms with van der Waals surface area (Å²) in [5, 5.41) is 4.55. The lowest BCUT2D eigenvalue weighted by Crippen LogP contribution is -2.12. The number of anilines is 2. The van der Waals surface area contributed by atoms with Crippen LogP contribution in [0.15, 0.2) is 24.1 Å². The number of amides is 1. The molecular formula is C8H7N5OS. The second-order valence-electron chi connectivity index (χ2n) is 2.65. The van der Waals surface area contributed by atoms with Crippen LogP contribution < -0.4 is 11.1 Å². The summed E-state index contributed by atoms with van der Waals surface area (Å²) in [5.41, 5.74) is 6.23. The number of aromatic nitrogens is 3. The van der Waals surface area contributed by atoms with Crippen molar-refractivity contribution in [2.75, 3.05) is 11.1 Å². The molecule has 2 rings (SSSR count). The minimum Gasteiger partial charge on any atom is -0.375 e. The Labute approximate surface area is 89.2 Å². The molecule has 0 spiro atoms. The Hall–Kier alpha value is -2.02. The Balaban J connectivity index is 2.11. The molecule has 0 fully saturated rings. The lowest BCUT2D eigenvalue weighted by Gasteiger charge is -2.00. The molecule has 76 valence electrons. The Bertz CT molecular complexity index is 469. The second-order valence-corrected chi connectivity index (χ2v) is 3.54. The van der Waals surface area contributed by atoms with Crippen LogP contribution >= 0.6 is 11.3 Å².